The van der Waals surface area contributed by atoms with Crippen LogP contribution in [-0.2, 0) is 9.47 Å². The van der Waals surface area contributed by atoms with E-state index in [1.165, 1.54) is 0 Å². The lowest BCUT2D eigenvalue weighted by Gasteiger charge is -2.38. The lowest BCUT2D eigenvalue weighted by Crippen LogP contribution is -2.53. The number of morpholine rings is 1. The molecule has 0 aromatic heterocycles. The monoisotopic (exact) mass is 173 g/mol. The van der Waals surface area contributed by atoms with Crippen LogP contribution >= 0.6 is 0 Å². The average Bonchev–Trinajstić information content (AvgIpc) is 2.05. The summed E-state index contributed by atoms with van der Waals surface area (Å²) in [6, 6.07) is 0. The van der Waals surface area contributed by atoms with E-state index < -0.39 is 0 Å². The number of methoxy groups -OCH3 is 1. The van der Waals surface area contributed by atoms with Crippen LogP contribution in [0.15, 0.2) is 0 Å². The highest BCUT2D eigenvalue weighted by atomic mass is 16.6. The van der Waals surface area contributed by atoms with Gasteiger partial charge in [-0.3, -0.25) is 0 Å². The van der Waals surface area contributed by atoms with Crippen molar-refractivity contribution in [1.29, 1.82) is 0 Å². The van der Waals surface area contributed by atoms with Gasteiger partial charge in [0, 0.05) is 20.2 Å². The zero-order valence-corrected chi connectivity index (χ0v) is 8.39. The van der Waals surface area contributed by atoms with Crippen LogP contribution in [0.2, 0.25) is 0 Å². The van der Waals surface area contributed by atoms with Gasteiger partial charge in [0.2, 0.25) is 0 Å². The first-order valence-electron chi connectivity index (χ1n) is 4.47. The first-order valence-corrected chi connectivity index (χ1v) is 4.47. The Bertz CT molecular complexity index is 147. The SMILES string of the molecule is COC(C)(C)C1CNCC(C)O1. The van der Waals surface area contributed by atoms with Gasteiger partial charge in [-0.1, -0.05) is 0 Å². The van der Waals surface area contributed by atoms with Gasteiger partial charge in [-0.05, 0) is 20.8 Å². The summed E-state index contributed by atoms with van der Waals surface area (Å²) in [5.74, 6) is 0. The van der Waals surface area contributed by atoms with Gasteiger partial charge in [0.15, 0.2) is 0 Å². The van der Waals surface area contributed by atoms with E-state index in [0.717, 1.165) is 13.1 Å². The van der Waals surface area contributed by atoms with Crippen LogP contribution in [-0.4, -0.2) is 38.0 Å². The fraction of sp³-hybridized carbons (Fsp3) is 1.00. The molecule has 3 nitrogen and oxygen atoms in total. The zero-order chi connectivity index (χ0) is 9.19. The summed E-state index contributed by atoms with van der Waals surface area (Å²) in [6.07, 6.45) is 0.449. The summed E-state index contributed by atoms with van der Waals surface area (Å²) in [5, 5.41) is 3.32. The van der Waals surface area contributed by atoms with E-state index in [1.54, 1.807) is 7.11 Å². The third-order valence-electron chi connectivity index (χ3n) is 2.46. The van der Waals surface area contributed by atoms with Crippen LogP contribution in [0.5, 0.6) is 0 Å². The van der Waals surface area contributed by atoms with Crippen molar-refractivity contribution in [1.82, 2.24) is 5.32 Å². The van der Waals surface area contributed by atoms with Crippen LogP contribution in [0, 0.1) is 0 Å². The summed E-state index contributed by atoms with van der Waals surface area (Å²) in [7, 11) is 1.72. The highest BCUT2D eigenvalue weighted by Gasteiger charge is 2.33. The second-order valence-corrected chi connectivity index (χ2v) is 3.90. The summed E-state index contributed by atoms with van der Waals surface area (Å²) >= 11 is 0. The van der Waals surface area contributed by atoms with Crippen molar-refractivity contribution < 1.29 is 9.47 Å². The standard InChI is InChI=1S/C9H19NO2/c1-7-5-10-6-8(12-7)9(2,3)11-4/h7-8,10H,5-6H2,1-4H3. The molecule has 2 unspecified atom stereocenters. The molecule has 0 aromatic rings. The van der Waals surface area contributed by atoms with Crippen molar-refractivity contribution in [3.8, 4) is 0 Å². The molecule has 1 fully saturated rings. The number of ether oxygens (including phenoxy) is 2. The molecule has 1 aliphatic heterocycles. The number of nitrogens with one attached hydrogen (secondary N) is 1. The fourth-order valence-electron chi connectivity index (χ4n) is 1.34. The molecule has 3 heteroatoms. The molecule has 2 atom stereocenters. The van der Waals surface area contributed by atoms with Gasteiger partial charge in [0.05, 0.1) is 17.8 Å². The minimum atomic E-state index is -0.193. The van der Waals surface area contributed by atoms with Gasteiger partial charge in [-0.2, -0.15) is 0 Å². The molecule has 1 N–H and O–H groups in total. The Balaban J connectivity index is 2.50. The minimum absolute atomic E-state index is 0.159. The third-order valence-corrected chi connectivity index (χ3v) is 2.46. The molecular weight excluding hydrogens is 154 g/mol. The Kier molecular flexibility index (Phi) is 3.09. The van der Waals surface area contributed by atoms with Crippen LogP contribution < -0.4 is 5.32 Å². The number of hydrogen-bond acceptors (Lipinski definition) is 3. The van der Waals surface area contributed by atoms with Gasteiger partial charge in [-0.15, -0.1) is 0 Å². The van der Waals surface area contributed by atoms with Crippen molar-refractivity contribution in [2.24, 2.45) is 0 Å². The molecule has 0 radical (unpaired) electrons. The Morgan fingerprint density at radius 3 is 2.58 bits per heavy atom. The van der Waals surface area contributed by atoms with Gasteiger partial charge < -0.3 is 14.8 Å². The fourth-order valence-corrected chi connectivity index (χ4v) is 1.34. The molecule has 72 valence electrons. The van der Waals surface area contributed by atoms with Crippen molar-refractivity contribution in [3.63, 3.8) is 0 Å². The second-order valence-electron chi connectivity index (χ2n) is 3.90. The van der Waals surface area contributed by atoms with Crippen molar-refractivity contribution in [3.05, 3.63) is 0 Å². The third kappa shape index (κ3) is 2.19. The molecular formula is C9H19NO2. The molecule has 0 saturated carbocycles. The maximum absolute atomic E-state index is 5.75. The molecule has 1 saturated heterocycles. The lowest BCUT2D eigenvalue weighted by molar-refractivity contribution is -0.142. The number of rotatable bonds is 2. The first kappa shape index (κ1) is 9.96. The Morgan fingerprint density at radius 1 is 1.42 bits per heavy atom. The Labute approximate surface area is 74.4 Å². The molecule has 0 aliphatic carbocycles. The van der Waals surface area contributed by atoms with Crippen molar-refractivity contribution in [2.45, 2.75) is 38.6 Å². The van der Waals surface area contributed by atoms with Gasteiger partial charge >= 0.3 is 0 Å². The largest absolute Gasteiger partial charge is 0.376 e. The van der Waals surface area contributed by atoms with E-state index in [4.69, 9.17) is 9.47 Å². The molecule has 0 amide bonds. The highest BCUT2D eigenvalue weighted by molar-refractivity contribution is 4.85. The van der Waals surface area contributed by atoms with Gasteiger partial charge in [0.25, 0.3) is 0 Å². The molecule has 1 heterocycles. The second kappa shape index (κ2) is 3.73. The summed E-state index contributed by atoms with van der Waals surface area (Å²) < 4.78 is 11.1. The molecule has 12 heavy (non-hydrogen) atoms. The average molecular weight is 173 g/mol. The number of hydrogen-bond donors (Lipinski definition) is 1. The maximum Gasteiger partial charge on any atom is 0.0987 e. The minimum Gasteiger partial charge on any atom is -0.376 e. The molecule has 0 spiro atoms. The van der Waals surface area contributed by atoms with E-state index in [-0.39, 0.29) is 17.8 Å². The molecule has 1 rings (SSSR count). The quantitative estimate of drug-likeness (QED) is 0.669. The highest BCUT2D eigenvalue weighted by Crippen LogP contribution is 2.19. The van der Waals surface area contributed by atoms with Crippen LogP contribution in [0.4, 0.5) is 0 Å². The van der Waals surface area contributed by atoms with Gasteiger partial charge in [-0.25, -0.2) is 0 Å². The van der Waals surface area contributed by atoms with E-state index in [0.29, 0.717) is 0 Å². The Morgan fingerprint density at radius 2 is 2.08 bits per heavy atom. The first-order chi connectivity index (χ1) is 5.56. The van der Waals surface area contributed by atoms with Crippen molar-refractivity contribution >= 4 is 0 Å². The van der Waals surface area contributed by atoms with Crippen molar-refractivity contribution in [2.75, 3.05) is 20.2 Å². The summed E-state index contributed by atoms with van der Waals surface area (Å²) in [4.78, 5) is 0. The maximum atomic E-state index is 5.75. The van der Waals surface area contributed by atoms with Crippen LogP contribution in [0.1, 0.15) is 20.8 Å². The smallest absolute Gasteiger partial charge is 0.0987 e. The normalized spacial score (nSPS) is 32.0. The van der Waals surface area contributed by atoms with Crippen LogP contribution in [0.25, 0.3) is 0 Å². The van der Waals surface area contributed by atoms with Crippen LogP contribution in [0.3, 0.4) is 0 Å². The Hall–Kier alpha value is -0.120. The summed E-state index contributed by atoms with van der Waals surface area (Å²) in [5.41, 5.74) is -0.193. The van der Waals surface area contributed by atoms with E-state index >= 15 is 0 Å². The lowest BCUT2D eigenvalue weighted by atomic mass is 10.00. The molecule has 0 bridgehead atoms. The van der Waals surface area contributed by atoms with E-state index in [9.17, 15) is 0 Å². The predicted molar refractivity (Wildman–Crippen MR) is 48.3 cm³/mol. The summed E-state index contributed by atoms with van der Waals surface area (Å²) in [6.45, 7) is 8.00. The molecule has 1 aliphatic rings. The van der Waals surface area contributed by atoms with Gasteiger partial charge in [0.1, 0.15) is 0 Å². The van der Waals surface area contributed by atoms with E-state index in [1.807, 2.05) is 0 Å². The van der Waals surface area contributed by atoms with E-state index in [2.05, 4.69) is 26.1 Å². The predicted octanol–water partition coefficient (Wildman–Crippen LogP) is 0.788. The molecule has 0 aromatic carbocycles. The zero-order valence-electron chi connectivity index (χ0n) is 8.39. The topological polar surface area (TPSA) is 30.5 Å².